The van der Waals surface area contributed by atoms with Gasteiger partial charge in [0, 0.05) is 13.5 Å². The maximum Gasteiger partial charge on any atom is 0.221 e. The van der Waals surface area contributed by atoms with Crippen molar-refractivity contribution in [3.8, 4) is 0 Å². The second-order valence-electron chi connectivity index (χ2n) is 7.13. The minimum atomic E-state index is 0.530. The van der Waals surface area contributed by atoms with Crippen molar-refractivity contribution in [1.29, 1.82) is 0 Å². The van der Waals surface area contributed by atoms with Crippen LogP contribution in [0.1, 0.15) is 44.3 Å². The van der Waals surface area contributed by atoms with Crippen LogP contribution in [0, 0.1) is 23.2 Å². The minimum absolute atomic E-state index is 0.530. The molecule has 2 N–H and O–H groups in total. The highest BCUT2D eigenvalue weighted by Crippen LogP contribution is 2.60. The SMILES string of the molecule is Cn1c(N)nnc1CC12CC3CC(CC(C3)C1)C2. The molecule has 0 radical (unpaired) electrons. The van der Waals surface area contributed by atoms with E-state index in [1.54, 1.807) is 0 Å². The second-order valence-corrected chi connectivity index (χ2v) is 7.13. The van der Waals surface area contributed by atoms with Gasteiger partial charge in [-0.3, -0.25) is 0 Å². The molecule has 1 heterocycles. The summed E-state index contributed by atoms with van der Waals surface area (Å²) in [5.41, 5.74) is 6.33. The molecule has 98 valence electrons. The number of nitrogens with zero attached hydrogens (tertiary/aromatic N) is 3. The molecule has 4 fully saturated rings. The average molecular weight is 246 g/mol. The maximum atomic E-state index is 5.80. The summed E-state index contributed by atoms with van der Waals surface area (Å²) in [5, 5.41) is 8.28. The lowest BCUT2D eigenvalue weighted by Crippen LogP contribution is -2.47. The largest absolute Gasteiger partial charge is 0.368 e. The first-order chi connectivity index (χ1) is 8.63. The van der Waals surface area contributed by atoms with Crippen molar-refractivity contribution in [2.45, 2.75) is 44.9 Å². The van der Waals surface area contributed by atoms with E-state index in [9.17, 15) is 0 Å². The average Bonchev–Trinajstić information content (AvgIpc) is 2.58. The van der Waals surface area contributed by atoms with Gasteiger partial charge in [-0.15, -0.1) is 10.2 Å². The first kappa shape index (κ1) is 10.8. The Hall–Kier alpha value is -1.06. The van der Waals surface area contributed by atoms with Crippen LogP contribution in [0.25, 0.3) is 0 Å². The van der Waals surface area contributed by atoms with Crippen LogP contribution in [-0.4, -0.2) is 14.8 Å². The van der Waals surface area contributed by atoms with Crippen LogP contribution < -0.4 is 5.73 Å². The molecule has 0 aliphatic heterocycles. The molecule has 18 heavy (non-hydrogen) atoms. The quantitative estimate of drug-likeness (QED) is 0.870. The van der Waals surface area contributed by atoms with Gasteiger partial charge in [0.05, 0.1) is 0 Å². The summed E-state index contributed by atoms with van der Waals surface area (Å²) in [4.78, 5) is 0. The van der Waals surface area contributed by atoms with E-state index in [0.717, 1.165) is 30.0 Å². The lowest BCUT2D eigenvalue weighted by Gasteiger charge is -2.56. The number of anilines is 1. The Labute approximate surface area is 108 Å². The number of rotatable bonds is 2. The van der Waals surface area contributed by atoms with Crippen LogP contribution in [0.15, 0.2) is 0 Å². The molecule has 1 aromatic heterocycles. The minimum Gasteiger partial charge on any atom is -0.368 e. The van der Waals surface area contributed by atoms with Gasteiger partial charge in [0.2, 0.25) is 5.95 Å². The summed E-state index contributed by atoms with van der Waals surface area (Å²) >= 11 is 0. The van der Waals surface area contributed by atoms with Gasteiger partial charge < -0.3 is 10.3 Å². The van der Waals surface area contributed by atoms with Gasteiger partial charge in [0.25, 0.3) is 0 Å². The molecule has 4 heteroatoms. The summed E-state index contributed by atoms with van der Waals surface area (Å²) in [5.74, 6) is 4.65. The van der Waals surface area contributed by atoms with Crippen molar-refractivity contribution in [2.24, 2.45) is 30.2 Å². The van der Waals surface area contributed by atoms with Crippen LogP contribution >= 0.6 is 0 Å². The van der Waals surface area contributed by atoms with Gasteiger partial charge in [-0.1, -0.05) is 0 Å². The van der Waals surface area contributed by atoms with Crippen LogP contribution in [0.2, 0.25) is 0 Å². The lowest BCUT2D eigenvalue weighted by atomic mass is 9.49. The third kappa shape index (κ3) is 1.50. The van der Waals surface area contributed by atoms with Gasteiger partial charge in [-0.05, 0) is 61.7 Å². The second kappa shape index (κ2) is 3.49. The van der Waals surface area contributed by atoms with E-state index in [4.69, 9.17) is 5.73 Å². The van der Waals surface area contributed by atoms with Crippen LogP contribution in [-0.2, 0) is 13.5 Å². The molecular formula is C14H22N4. The van der Waals surface area contributed by atoms with E-state index >= 15 is 0 Å². The third-order valence-electron chi connectivity index (χ3n) is 5.70. The summed E-state index contributed by atoms with van der Waals surface area (Å²) in [6, 6.07) is 0. The van der Waals surface area contributed by atoms with Gasteiger partial charge in [-0.25, -0.2) is 0 Å². The molecule has 4 bridgehead atoms. The Morgan fingerprint density at radius 1 is 1.11 bits per heavy atom. The Kier molecular flexibility index (Phi) is 2.10. The number of hydrogen-bond acceptors (Lipinski definition) is 3. The molecule has 0 unspecified atom stereocenters. The smallest absolute Gasteiger partial charge is 0.221 e. The number of aromatic nitrogens is 3. The fourth-order valence-electron chi connectivity index (χ4n) is 5.37. The fraction of sp³-hybridized carbons (Fsp3) is 0.857. The molecule has 0 atom stereocenters. The molecule has 4 saturated carbocycles. The van der Waals surface area contributed by atoms with Crippen molar-refractivity contribution >= 4 is 5.95 Å². The first-order valence-electron chi connectivity index (χ1n) is 7.27. The number of hydrogen-bond donors (Lipinski definition) is 1. The molecule has 0 aromatic carbocycles. The molecular weight excluding hydrogens is 224 g/mol. The highest BCUT2D eigenvalue weighted by molar-refractivity contribution is 5.18. The van der Waals surface area contributed by atoms with Crippen molar-refractivity contribution in [3.05, 3.63) is 5.82 Å². The Morgan fingerprint density at radius 3 is 2.11 bits per heavy atom. The van der Waals surface area contributed by atoms with Crippen molar-refractivity contribution in [1.82, 2.24) is 14.8 Å². The zero-order valence-corrected chi connectivity index (χ0v) is 11.1. The van der Waals surface area contributed by atoms with Gasteiger partial charge in [0.1, 0.15) is 5.82 Å². The van der Waals surface area contributed by atoms with E-state index in [1.807, 2.05) is 11.6 Å². The Balaban J connectivity index is 1.62. The Morgan fingerprint density at radius 2 is 1.67 bits per heavy atom. The number of nitrogens with two attached hydrogens (primary N) is 1. The summed E-state index contributed by atoms with van der Waals surface area (Å²) < 4.78 is 1.97. The number of nitrogen functional groups attached to an aromatic ring is 1. The maximum absolute atomic E-state index is 5.80. The summed E-state index contributed by atoms with van der Waals surface area (Å²) in [6.45, 7) is 0. The summed E-state index contributed by atoms with van der Waals surface area (Å²) in [7, 11) is 1.99. The van der Waals surface area contributed by atoms with E-state index < -0.39 is 0 Å². The van der Waals surface area contributed by atoms with Crippen molar-refractivity contribution in [3.63, 3.8) is 0 Å². The van der Waals surface area contributed by atoms with Gasteiger partial charge in [-0.2, -0.15) is 0 Å². The fourth-order valence-corrected chi connectivity index (χ4v) is 5.37. The molecule has 4 nitrogen and oxygen atoms in total. The van der Waals surface area contributed by atoms with Crippen LogP contribution in [0.4, 0.5) is 5.95 Å². The molecule has 0 saturated heterocycles. The highest BCUT2D eigenvalue weighted by Gasteiger charge is 2.51. The third-order valence-corrected chi connectivity index (χ3v) is 5.70. The van der Waals surface area contributed by atoms with Crippen LogP contribution in [0.3, 0.4) is 0 Å². The van der Waals surface area contributed by atoms with Crippen LogP contribution in [0.5, 0.6) is 0 Å². The first-order valence-corrected chi connectivity index (χ1v) is 7.27. The summed E-state index contributed by atoms with van der Waals surface area (Å²) in [6.07, 6.45) is 9.86. The molecule has 0 amide bonds. The molecule has 0 spiro atoms. The van der Waals surface area contributed by atoms with Crippen molar-refractivity contribution < 1.29 is 0 Å². The Bertz CT molecular complexity index is 441. The zero-order valence-electron chi connectivity index (χ0n) is 11.1. The topological polar surface area (TPSA) is 56.7 Å². The normalized spacial score (nSPS) is 41.5. The van der Waals surface area contributed by atoms with E-state index in [2.05, 4.69) is 10.2 Å². The highest BCUT2D eigenvalue weighted by atomic mass is 15.3. The molecule has 4 aliphatic rings. The lowest BCUT2D eigenvalue weighted by molar-refractivity contribution is -0.0534. The predicted octanol–water partition coefficient (Wildman–Crippen LogP) is 2.16. The van der Waals surface area contributed by atoms with Crippen molar-refractivity contribution in [2.75, 3.05) is 5.73 Å². The predicted molar refractivity (Wildman–Crippen MR) is 69.7 cm³/mol. The van der Waals surface area contributed by atoms with E-state index in [-0.39, 0.29) is 0 Å². The standard InChI is InChI=1S/C14H22N4/c1-18-12(16-17-13(18)15)8-14-5-9-2-10(6-14)4-11(3-9)7-14/h9-11H,2-8H2,1H3,(H2,15,17). The molecule has 1 aromatic rings. The van der Waals surface area contributed by atoms with Gasteiger partial charge in [0.15, 0.2) is 0 Å². The monoisotopic (exact) mass is 246 g/mol. The molecule has 4 aliphatic carbocycles. The van der Waals surface area contributed by atoms with E-state index in [1.165, 1.54) is 38.5 Å². The molecule has 5 rings (SSSR count). The zero-order chi connectivity index (χ0) is 12.3. The van der Waals surface area contributed by atoms with Gasteiger partial charge >= 0.3 is 0 Å². The van der Waals surface area contributed by atoms with E-state index in [0.29, 0.717) is 11.4 Å².